The average Bonchev–Trinajstić information content (AvgIpc) is 3.36. The Morgan fingerprint density at radius 2 is 0.643 bits per heavy atom. The summed E-state index contributed by atoms with van der Waals surface area (Å²) in [5.74, 6) is -0.402. The van der Waals surface area contributed by atoms with Crippen LogP contribution in [0, 0.1) is 0 Å². The molecule has 0 rings (SSSR count). The molecule has 0 aliphatic heterocycles. The van der Waals surface area contributed by atoms with Gasteiger partial charge in [-0.25, -0.2) is 0 Å². The minimum absolute atomic E-state index is 0.0776. The van der Waals surface area contributed by atoms with Gasteiger partial charge < -0.3 is 14.2 Å². The van der Waals surface area contributed by atoms with Crippen molar-refractivity contribution in [2.24, 2.45) is 0 Å². The van der Waals surface area contributed by atoms with Crippen molar-refractivity contribution in [1.29, 1.82) is 0 Å². The predicted octanol–water partition coefficient (Wildman–Crippen LogP) is 21.0. The molecule has 0 radical (unpaired) electrons. The van der Waals surface area contributed by atoms with Gasteiger partial charge in [-0.1, -0.05) is 254 Å². The van der Waals surface area contributed by atoms with E-state index in [0.717, 1.165) is 70.6 Å². The molecule has 70 heavy (non-hydrogen) atoms. The zero-order chi connectivity index (χ0) is 50.6. The summed E-state index contributed by atoms with van der Waals surface area (Å²) in [4.78, 5) is 25.6. The van der Waals surface area contributed by atoms with Gasteiger partial charge in [-0.05, 0) is 109 Å². The van der Waals surface area contributed by atoms with Crippen molar-refractivity contribution in [3.05, 3.63) is 72.9 Å². The first kappa shape index (κ1) is 67.3. The molecule has 5 heteroatoms. The second kappa shape index (κ2) is 60.6. The standard InChI is InChI=1S/C65H116O5/c1-4-7-10-13-16-19-22-25-28-31-33-35-37-40-43-46-49-52-55-58-64(66)69-62-63(61-68-60-57-54-51-48-45-42-39-36-32-29-26-23-20-17-14-11-8-5-2)70-65(67)59-56-53-50-47-44-41-38-34-30-27-24-21-18-15-12-9-6-3/h8,11,17-18,20-21,25-30,63H,4-7,9-10,12-16,19,22-24,31-62H2,1-3H3/b11-8-,20-17-,21-18-,28-25-,29-26-,30-27-. The maximum absolute atomic E-state index is 12.9. The van der Waals surface area contributed by atoms with Crippen LogP contribution in [0.25, 0.3) is 0 Å². The molecule has 0 saturated carbocycles. The van der Waals surface area contributed by atoms with Crippen LogP contribution in [-0.4, -0.2) is 37.9 Å². The summed E-state index contributed by atoms with van der Waals surface area (Å²) >= 11 is 0. The van der Waals surface area contributed by atoms with Crippen LogP contribution < -0.4 is 0 Å². The third-order valence-electron chi connectivity index (χ3n) is 13.2. The van der Waals surface area contributed by atoms with E-state index < -0.39 is 6.10 Å². The van der Waals surface area contributed by atoms with Gasteiger partial charge in [-0.15, -0.1) is 0 Å². The quantitative estimate of drug-likeness (QED) is 0.0345. The van der Waals surface area contributed by atoms with Crippen LogP contribution in [0.1, 0.15) is 303 Å². The molecule has 0 amide bonds. The Kier molecular flexibility index (Phi) is 58.3. The molecule has 1 unspecified atom stereocenters. The zero-order valence-corrected chi connectivity index (χ0v) is 46.8. The first-order chi connectivity index (χ1) is 34.6. The number of ether oxygens (including phenoxy) is 3. The van der Waals surface area contributed by atoms with Crippen LogP contribution in [0.15, 0.2) is 72.9 Å². The highest BCUT2D eigenvalue weighted by Crippen LogP contribution is 2.16. The number of rotatable bonds is 56. The lowest BCUT2D eigenvalue weighted by atomic mass is 10.1. The molecule has 1 atom stereocenters. The molecule has 5 nitrogen and oxygen atoms in total. The second-order valence-electron chi connectivity index (χ2n) is 20.2. The molecule has 0 aliphatic carbocycles. The van der Waals surface area contributed by atoms with Crippen LogP contribution in [0.2, 0.25) is 0 Å². The summed E-state index contributed by atoms with van der Waals surface area (Å²) in [5.41, 5.74) is 0. The number of carbonyl (C=O) groups is 2. The Morgan fingerprint density at radius 3 is 1.07 bits per heavy atom. The monoisotopic (exact) mass is 977 g/mol. The summed E-state index contributed by atoms with van der Waals surface area (Å²) in [6.45, 7) is 7.70. The normalized spacial score (nSPS) is 12.7. The number of hydrogen-bond acceptors (Lipinski definition) is 5. The van der Waals surface area contributed by atoms with Crippen molar-refractivity contribution in [2.45, 2.75) is 309 Å². The van der Waals surface area contributed by atoms with Crippen LogP contribution in [0.4, 0.5) is 0 Å². The fraction of sp³-hybridized carbons (Fsp3) is 0.785. The lowest BCUT2D eigenvalue weighted by molar-refractivity contribution is -0.163. The van der Waals surface area contributed by atoms with Crippen molar-refractivity contribution in [1.82, 2.24) is 0 Å². The van der Waals surface area contributed by atoms with E-state index in [-0.39, 0.29) is 25.2 Å². The summed E-state index contributed by atoms with van der Waals surface area (Å²) in [6, 6.07) is 0. The first-order valence-electron chi connectivity index (χ1n) is 30.5. The van der Waals surface area contributed by atoms with E-state index in [1.165, 1.54) is 199 Å². The molecule has 0 aliphatic rings. The van der Waals surface area contributed by atoms with Gasteiger partial charge in [0, 0.05) is 19.4 Å². The SMILES string of the molecule is CC/C=C\C/C=C\C/C=C\CCCCCCCCCCOCC(COC(=O)CCCCCCCCCCC/C=C\CCCCCCCC)OC(=O)CCCCCCCCC/C=C\C/C=C\CCCCC. The number of allylic oxidation sites excluding steroid dienone is 12. The van der Waals surface area contributed by atoms with Crippen molar-refractivity contribution in [3.8, 4) is 0 Å². The van der Waals surface area contributed by atoms with Gasteiger partial charge in [0.15, 0.2) is 6.10 Å². The molecule has 406 valence electrons. The average molecular weight is 978 g/mol. The summed E-state index contributed by atoms with van der Waals surface area (Å²) < 4.78 is 17.5. The number of hydrogen-bond donors (Lipinski definition) is 0. The van der Waals surface area contributed by atoms with Gasteiger partial charge in [-0.2, -0.15) is 0 Å². The molecule has 0 fully saturated rings. The number of carbonyl (C=O) groups excluding carboxylic acids is 2. The Morgan fingerprint density at radius 1 is 0.329 bits per heavy atom. The molecule has 0 saturated heterocycles. The Hall–Kier alpha value is -2.66. The smallest absolute Gasteiger partial charge is 0.306 e. The van der Waals surface area contributed by atoms with E-state index in [1.54, 1.807) is 0 Å². The van der Waals surface area contributed by atoms with E-state index in [1.807, 2.05) is 0 Å². The minimum atomic E-state index is -0.548. The van der Waals surface area contributed by atoms with E-state index in [4.69, 9.17) is 14.2 Å². The Balaban J connectivity index is 4.29. The molecule has 0 aromatic heterocycles. The third-order valence-corrected chi connectivity index (χ3v) is 13.2. The lowest BCUT2D eigenvalue weighted by Gasteiger charge is -2.18. The molecule has 0 spiro atoms. The highest BCUT2D eigenvalue weighted by Gasteiger charge is 2.17. The van der Waals surface area contributed by atoms with E-state index in [2.05, 4.69) is 93.7 Å². The van der Waals surface area contributed by atoms with Crippen LogP contribution >= 0.6 is 0 Å². The molecule has 0 heterocycles. The van der Waals surface area contributed by atoms with Crippen LogP contribution in [0.3, 0.4) is 0 Å². The molecule has 0 aromatic carbocycles. The Labute approximate surface area is 436 Å². The maximum atomic E-state index is 12.9. The summed E-state index contributed by atoms with van der Waals surface area (Å²) in [7, 11) is 0. The van der Waals surface area contributed by atoms with Crippen molar-refractivity contribution < 1.29 is 23.8 Å². The van der Waals surface area contributed by atoms with E-state index in [9.17, 15) is 9.59 Å². The van der Waals surface area contributed by atoms with Gasteiger partial charge >= 0.3 is 11.9 Å². The Bertz CT molecular complexity index is 1240. The molecule has 0 bridgehead atoms. The van der Waals surface area contributed by atoms with E-state index >= 15 is 0 Å². The van der Waals surface area contributed by atoms with Gasteiger partial charge in [0.05, 0.1) is 6.61 Å². The number of unbranched alkanes of at least 4 members (excludes halogenated alkanes) is 33. The van der Waals surface area contributed by atoms with Crippen molar-refractivity contribution in [3.63, 3.8) is 0 Å². The van der Waals surface area contributed by atoms with Crippen molar-refractivity contribution >= 4 is 11.9 Å². The summed E-state index contributed by atoms with van der Waals surface area (Å²) in [5, 5.41) is 0. The molecular weight excluding hydrogens is 861 g/mol. The second-order valence-corrected chi connectivity index (χ2v) is 20.2. The third kappa shape index (κ3) is 57.9. The van der Waals surface area contributed by atoms with Crippen LogP contribution in [-0.2, 0) is 23.8 Å². The van der Waals surface area contributed by atoms with Crippen LogP contribution in [0.5, 0.6) is 0 Å². The van der Waals surface area contributed by atoms with Gasteiger partial charge in [-0.3, -0.25) is 9.59 Å². The highest BCUT2D eigenvalue weighted by molar-refractivity contribution is 5.70. The zero-order valence-electron chi connectivity index (χ0n) is 46.8. The first-order valence-corrected chi connectivity index (χ1v) is 30.5. The largest absolute Gasteiger partial charge is 0.462 e. The molecule has 0 N–H and O–H groups in total. The molecule has 0 aromatic rings. The van der Waals surface area contributed by atoms with Gasteiger partial charge in [0.2, 0.25) is 0 Å². The minimum Gasteiger partial charge on any atom is -0.462 e. The topological polar surface area (TPSA) is 61.8 Å². The highest BCUT2D eigenvalue weighted by atomic mass is 16.6. The number of esters is 2. The van der Waals surface area contributed by atoms with Gasteiger partial charge in [0.1, 0.15) is 6.61 Å². The van der Waals surface area contributed by atoms with Crippen molar-refractivity contribution in [2.75, 3.05) is 19.8 Å². The van der Waals surface area contributed by atoms with E-state index in [0.29, 0.717) is 19.4 Å². The molecular formula is C65H116O5. The summed E-state index contributed by atoms with van der Waals surface area (Å²) in [6.07, 6.45) is 79.3. The lowest BCUT2D eigenvalue weighted by Crippen LogP contribution is -2.30. The van der Waals surface area contributed by atoms with Gasteiger partial charge in [0.25, 0.3) is 0 Å². The maximum Gasteiger partial charge on any atom is 0.306 e. The predicted molar refractivity (Wildman–Crippen MR) is 307 cm³/mol. The fourth-order valence-corrected chi connectivity index (χ4v) is 8.67. The fourth-order valence-electron chi connectivity index (χ4n) is 8.67.